The largest absolute Gasteiger partial charge is 0.388 e. The Balaban J connectivity index is 1.87. The minimum atomic E-state index is 0.317. The van der Waals surface area contributed by atoms with Gasteiger partial charge in [0.15, 0.2) is 0 Å². The van der Waals surface area contributed by atoms with E-state index in [1.165, 1.54) is 12.8 Å². The normalized spacial score (nSPS) is 26.8. The number of fused-ring (bicyclic) bond motifs is 1. The maximum Gasteiger partial charge on any atom is 0.226 e. The summed E-state index contributed by atoms with van der Waals surface area (Å²) in [5.41, 5.74) is 6.28. The molecule has 102 valence electrons. The van der Waals surface area contributed by atoms with Crippen LogP contribution in [0.5, 0.6) is 0 Å². The molecule has 1 aromatic rings. The Morgan fingerprint density at radius 2 is 2.26 bits per heavy atom. The number of nitrogens with zero attached hydrogens (tertiary/aromatic N) is 3. The Hall–Kier alpha value is -1.27. The number of hydrogen-bond donors (Lipinski definition) is 1. The van der Waals surface area contributed by atoms with Crippen LogP contribution in [0.2, 0.25) is 0 Å². The molecular weight excluding hydrogens is 260 g/mol. The Morgan fingerprint density at radius 1 is 1.42 bits per heavy atom. The zero-order valence-corrected chi connectivity index (χ0v) is 11.6. The van der Waals surface area contributed by atoms with E-state index in [0.29, 0.717) is 22.8 Å². The van der Waals surface area contributed by atoms with Crippen molar-refractivity contribution in [1.82, 2.24) is 9.97 Å². The van der Waals surface area contributed by atoms with Crippen LogP contribution in [0.4, 0.5) is 5.95 Å². The fraction of sp³-hybridized carbons (Fsp3) is 0.615. The third-order valence-corrected chi connectivity index (χ3v) is 4.09. The SMILES string of the molecule is NC(=S)c1ccnc(N2CCOC3CCCCC32)n1. The van der Waals surface area contributed by atoms with E-state index >= 15 is 0 Å². The van der Waals surface area contributed by atoms with Crippen molar-refractivity contribution in [1.29, 1.82) is 0 Å². The van der Waals surface area contributed by atoms with Crippen molar-refractivity contribution in [2.75, 3.05) is 18.1 Å². The molecule has 19 heavy (non-hydrogen) atoms. The number of thiocarbonyl (C=S) groups is 1. The minimum Gasteiger partial charge on any atom is -0.388 e. The Labute approximate surface area is 118 Å². The van der Waals surface area contributed by atoms with E-state index in [1.807, 2.05) is 0 Å². The summed E-state index contributed by atoms with van der Waals surface area (Å²) in [6, 6.07) is 2.15. The molecule has 0 spiro atoms. The third-order valence-electron chi connectivity index (χ3n) is 3.88. The number of ether oxygens (including phenoxy) is 1. The van der Waals surface area contributed by atoms with Crippen molar-refractivity contribution >= 4 is 23.2 Å². The lowest BCUT2D eigenvalue weighted by atomic mass is 9.90. The molecule has 2 N–H and O–H groups in total. The van der Waals surface area contributed by atoms with Gasteiger partial charge in [-0.3, -0.25) is 0 Å². The first-order valence-corrected chi connectivity index (χ1v) is 7.17. The van der Waals surface area contributed by atoms with E-state index in [2.05, 4.69) is 14.9 Å². The molecule has 0 amide bonds. The highest BCUT2D eigenvalue weighted by Gasteiger charge is 2.35. The predicted octanol–water partition coefficient (Wildman–Crippen LogP) is 1.26. The molecule has 1 aromatic heterocycles. The smallest absolute Gasteiger partial charge is 0.226 e. The van der Waals surface area contributed by atoms with Gasteiger partial charge in [-0.2, -0.15) is 0 Å². The summed E-state index contributed by atoms with van der Waals surface area (Å²) in [4.78, 5) is 11.4. The van der Waals surface area contributed by atoms with Gasteiger partial charge in [0.2, 0.25) is 5.95 Å². The molecule has 2 unspecified atom stereocenters. The minimum absolute atomic E-state index is 0.317. The molecule has 1 saturated heterocycles. The zero-order chi connectivity index (χ0) is 13.2. The summed E-state index contributed by atoms with van der Waals surface area (Å²) in [7, 11) is 0. The second-order valence-corrected chi connectivity index (χ2v) is 5.50. The highest BCUT2D eigenvalue weighted by atomic mass is 32.1. The highest BCUT2D eigenvalue weighted by molar-refractivity contribution is 7.80. The number of rotatable bonds is 2. The van der Waals surface area contributed by atoms with Gasteiger partial charge in [0.25, 0.3) is 0 Å². The quantitative estimate of drug-likeness (QED) is 0.822. The summed E-state index contributed by atoms with van der Waals surface area (Å²) < 4.78 is 5.86. The summed E-state index contributed by atoms with van der Waals surface area (Å²) in [6.45, 7) is 1.57. The first kappa shape index (κ1) is 12.7. The van der Waals surface area contributed by atoms with Crippen molar-refractivity contribution in [2.45, 2.75) is 37.8 Å². The van der Waals surface area contributed by atoms with Gasteiger partial charge in [0.05, 0.1) is 18.8 Å². The molecule has 0 bridgehead atoms. The van der Waals surface area contributed by atoms with E-state index in [-0.39, 0.29) is 0 Å². The predicted molar refractivity (Wildman–Crippen MR) is 77.3 cm³/mol. The van der Waals surface area contributed by atoms with Crippen LogP contribution >= 0.6 is 12.2 Å². The molecular formula is C13H18N4OS. The summed E-state index contributed by atoms with van der Waals surface area (Å²) in [5, 5.41) is 0. The van der Waals surface area contributed by atoms with Crippen molar-refractivity contribution < 1.29 is 4.74 Å². The molecule has 0 aromatic carbocycles. The van der Waals surface area contributed by atoms with Crippen molar-refractivity contribution in [3.05, 3.63) is 18.0 Å². The van der Waals surface area contributed by atoms with Crippen molar-refractivity contribution in [3.63, 3.8) is 0 Å². The van der Waals surface area contributed by atoms with Crippen LogP contribution in [-0.4, -0.2) is 40.3 Å². The molecule has 2 heterocycles. The van der Waals surface area contributed by atoms with E-state index in [4.69, 9.17) is 22.7 Å². The molecule has 3 rings (SSSR count). The van der Waals surface area contributed by atoms with E-state index in [9.17, 15) is 0 Å². The van der Waals surface area contributed by atoms with E-state index in [1.54, 1.807) is 12.3 Å². The standard InChI is InChI=1S/C13H18N4OS/c14-12(19)9-5-6-15-13(16-9)17-7-8-18-11-4-2-1-3-10(11)17/h5-6,10-11H,1-4,7-8H2,(H2,14,19). The molecule has 1 aliphatic heterocycles. The summed E-state index contributed by atoms with van der Waals surface area (Å²) in [5.74, 6) is 0.727. The first-order valence-electron chi connectivity index (χ1n) is 6.77. The molecule has 1 aliphatic carbocycles. The fourth-order valence-electron chi connectivity index (χ4n) is 2.97. The maximum atomic E-state index is 5.86. The van der Waals surface area contributed by atoms with Gasteiger partial charge in [-0.15, -0.1) is 0 Å². The zero-order valence-electron chi connectivity index (χ0n) is 10.8. The Kier molecular flexibility index (Phi) is 3.61. The second kappa shape index (κ2) is 5.38. The van der Waals surface area contributed by atoms with Crippen LogP contribution in [0, 0.1) is 0 Å². The monoisotopic (exact) mass is 278 g/mol. The molecule has 1 saturated carbocycles. The van der Waals surface area contributed by atoms with Crippen LogP contribution in [0.3, 0.4) is 0 Å². The first-order chi connectivity index (χ1) is 9.25. The van der Waals surface area contributed by atoms with E-state index in [0.717, 1.165) is 31.9 Å². The van der Waals surface area contributed by atoms with E-state index < -0.39 is 0 Å². The Morgan fingerprint density at radius 3 is 3.11 bits per heavy atom. The lowest BCUT2D eigenvalue weighted by Gasteiger charge is -2.43. The van der Waals surface area contributed by atoms with Gasteiger partial charge >= 0.3 is 0 Å². The van der Waals surface area contributed by atoms with Crippen LogP contribution < -0.4 is 10.6 Å². The average Bonchev–Trinajstić information content (AvgIpc) is 2.47. The topological polar surface area (TPSA) is 64.3 Å². The van der Waals surface area contributed by atoms with Crippen LogP contribution in [-0.2, 0) is 4.74 Å². The van der Waals surface area contributed by atoms with Crippen molar-refractivity contribution in [3.8, 4) is 0 Å². The van der Waals surface area contributed by atoms with Gasteiger partial charge in [0.1, 0.15) is 10.7 Å². The lowest BCUT2D eigenvalue weighted by Crippen LogP contribution is -2.53. The number of aromatic nitrogens is 2. The van der Waals surface area contributed by atoms with Gasteiger partial charge in [-0.1, -0.05) is 25.1 Å². The van der Waals surface area contributed by atoms with Crippen LogP contribution in [0.15, 0.2) is 12.3 Å². The van der Waals surface area contributed by atoms with Gasteiger partial charge in [-0.05, 0) is 18.9 Å². The number of nitrogens with two attached hydrogens (primary N) is 1. The number of hydrogen-bond acceptors (Lipinski definition) is 5. The molecule has 5 nitrogen and oxygen atoms in total. The van der Waals surface area contributed by atoms with Gasteiger partial charge in [0, 0.05) is 12.7 Å². The fourth-order valence-corrected chi connectivity index (χ4v) is 3.08. The summed E-state index contributed by atoms with van der Waals surface area (Å²) >= 11 is 4.98. The lowest BCUT2D eigenvalue weighted by molar-refractivity contribution is -0.00932. The number of anilines is 1. The Bertz CT molecular complexity index is 479. The van der Waals surface area contributed by atoms with Crippen LogP contribution in [0.1, 0.15) is 31.4 Å². The number of morpholine rings is 1. The maximum absolute atomic E-state index is 5.86. The molecule has 2 atom stereocenters. The average molecular weight is 278 g/mol. The molecule has 6 heteroatoms. The van der Waals surface area contributed by atoms with Gasteiger partial charge < -0.3 is 15.4 Å². The molecule has 0 radical (unpaired) electrons. The van der Waals surface area contributed by atoms with Crippen molar-refractivity contribution in [2.24, 2.45) is 5.73 Å². The molecule has 2 aliphatic rings. The highest BCUT2D eigenvalue weighted by Crippen LogP contribution is 2.30. The third kappa shape index (κ3) is 2.55. The second-order valence-electron chi connectivity index (χ2n) is 5.06. The summed E-state index contributed by atoms with van der Waals surface area (Å²) in [6.07, 6.45) is 6.82. The molecule has 2 fully saturated rings. The van der Waals surface area contributed by atoms with Gasteiger partial charge in [-0.25, -0.2) is 9.97 Å². The van der Waals surface area contributed by atoms with Crippen LogP contribution in [0.25, 0.3) is 0 Å².